The van der Waals surface area contributed by atoms with Crippen LogP contribution in [0.2, 0.25) is 0 Å². The molecule has 1 aromatic carbocycles. The maximum atomic E-state index is 12.5. The van der Waals surface area contributed by atoms with Crippen molar-refractivity contribution in [2.24, 2.45) is 0 Å². The van der Waals surface area contributed by atoms with Crippen LogP contribution in [0, 0.1) is 0 Å². The predicted molar refractivity (Wildman–Crippen MR) is 103 cm³/mol. The van der Waals surface area contributed by atoms with E-state index in [1.165, 1.54) is 12.8 Å². The number of hydrogen-bond acceptors (Lipinski definition) is 5. The zero-order valence-corrected chi connectivity index (χ0v) is 16.5. The van der Waals surface area contributed by atoms with Gasteiger partial charge in [0.05, 0.1) is 12.7 Å². The maximum Gasteiger partial charge on any atom is 0.161 e. The number of aliphatic hydroxyl groups is 1. The minimum Gasteiger partial charge on any atom is -0.504 e. The third-order valence-corrected chi connectivity index (χ3v) is 7.32. The van der Waals surface area contributed by atoms with Crippen LogP contribution in [0.25, 0.3) is 0 Å². The highest BCUT2D eigenvalue weighted by Crippen LogP contribution is 2.60. The van der Waals surface area contributed by atoms with Crippen molar-refractivity contribution in [2.75, 3.05) is 20.2 Å². The third kappa shape index (κ3) is 2.62. The molecule has 2 aliphatic carbocycles. The summed E-state index contributed by atoms with van der Waals surface area (Å²) in [5.41, 5.74) is 0.155. The first-order valence-corrected chi connectivity index (χ1v) is 10.3. The average molecular weight is 373 g/mol. The number of piperidine rings is 1. The SMILES string of the molecule is CCCCCN1CC[C@@]23CC(=O)CC[C@@]2(O)[C@@H]1Cc1ccc(OC)c(O)c13. The first kappa shape index (κ1) is 18.8. The van der Waals surface area contributed by atoms with E-state index in [2.05, 4.69) is 11.8 Å². The zero-order chi connectivity index (χ0) is 19.2. The number of unbranched alkanes of at least 4 members (excludes halogenated alkanes) is 2. The molecule has 2 N–H and O–H groups in total. The summed E-state index contributed by atoms with van der Waals surface area (Å²) >= 11 is 0. The number of aromatic hydroxyl groups is 1. The van der Waals surface area contributed by atoms with Crippen LogP contribution in [0.15, 0.2) is 12.1 Å². The van der Waals surface area contributed by atoms with E-state index in [4.69, 9.17) is 4.74 Å². The van der Waals surface area contributed by atoms with Gasteiger partial charge in [0, 0.05) is 29.9 Å². The molecule has 4 rings (SSSR count). The van der Waals surface area contributed by atoms with Crippen LogP contribution in [0.1, 0.15) is 63.0 Å². The Morgan fingerprint density at radius 2 is 2.11 bits per heavy atom. The van der Waals surface area contributed by atoms with E-state index in [9.17, 15) is 15.0 Å². The van der Waals surface area contributed by atoms with Gasteiger partial charge in [-0.3, -0.25) is 9.69 Å². The van der Waals surface area contributed by atoms with Crippen LogP contribution < -0.4 is 4.74 Å². The summed E-state index contributed by atoms with van der Waals surface area (Å²) in [7, 11) is 1.54. The molecule has 0 amide bonds. The maximum absolute atomic E-state index is 12.5. The molecule has 5 nitrogen and oxygen atoms in total. The Balaban J connectivity index is 1.82. The van der Waals surface area contributed by atoms with Crippen LogP contribution >= 0.6 is 0 Å². The standard InChI is InChI=1S/C22H31NO4/c1-3-4-5-11-23-12-10-21-14-16(24)8-9-22(21,26)18(23)13-15-6-7-17(27-2)20(25)19(15)21/h6-7,18,25-26H,3-5,8-14H2,1-2H3/t18-,21-,22+/m0/s1. The molecule has 0 aromatic heterocycles. The second-order valence-electron chi connectivity index (χ2n) is 8.59. The van der Waals surface area contributed by atoms with E-state index < -0.39 is 11.0 Å². The lowest BCUT2D eigenvalue weighted by Gasteiger charge is -2.63. The summed E-state index contributed by atoms with van der Waals surface area (Å²) in [6.45, 7) is 4.05. The van der Waals surface area contributed by atoms with E-state index in [0.717, 1.165) is 30.6 Å². The molecule has 0 spiro atoms. The quantitative estimate of drug-likeness (QED) is 0.777. The summed E-state index contributed by atoms with van der Waals surface area (Å²) in [4.78, 5) is 14.9. The molecule has 3 atom stereocenters. The summed E-state index contributed by atoms with van der Waals surface area (Å²) in [6.07, 6.45) is 6.15. The minimum absolute atomic E-state index is 0.0106. The lowest BCUT2D eigenvalue weighted by atomic mass is 9.49. The van der Waals surface area contributed by atoms with E-state index in [-0.39, 0.29) is 17.6 Å². The summed E-state index contributed by atoms with van der Waals surface area (Å²) in [6, 6.07) is 3.82. The topological polar surface area (TPSA) is 70.0 Å². The summed E-state index contributed by atoms with van der Waals surface area (Å²) in [5.74, 6) is 0.723. The normalized spacial score (nSPS) is 32.7. The second-order valence-corrected chi connectivity index (χ2v) is 8.59. The van der Waals surface area contributed by atoms with Crippen LogP contribution in [0.5, 0.6) is 11.5 Å². The molecule has 27 heavy (non-hydrogen) atoms. The largest absolute Gasteiger partial charge is 0.504 e. The number of phenols is 1. The molecular weight excluding hydrogens is 342 g/mol. The van der Waals surface area contributed by atoms with Gasteiger partial charge in [-0.2, -0.15) is 0 Å². The number of likely N-dealkylation sites (tertiary alicyclic amines) is 1. The molecule has 1 saturated heterocycles. The van der Waals surface area contributed by atoms with E-state index >= 15 is 0 Å². The van der Waals surface area contributed by atoms with Gasteiger partial charge in [-0.15, -0.1) is 0 Å². The molecule has 5 heteroatoms. The van der Waals surface area contributed by atoms with Crippen LogP contribution in [-0.4, -0.2) is 52.7 Å². The predicted octanol–water partition coefficient (Wildman–Crippen LogP) is 2.94. The fourth-order valence-electron chi connectivity index (χ4n) is 5.98. The van der Waals surface area contributed by atoms with Crippen molar-refractivity contribution < 1.29 is 19.7 Å². The van der Waals surface area contributed by atoms with Gasteiger partial charge >= 0.3 is 0 Å². The Morgan fingerprint density at radius 3 is 2.85 bits per heavy atom. The molecule has 1 heterocycles. The van der Waals surface area contributed by atoms with Crippen molar-refractivity contribution in [3.63, 3.8) is 0 Å². The lowest BCUT2D eigenvalue weighted by Crippen LogP contribution is -2.73. The van der Waals surface area contributed by atoms with Crippen molar-refractivity contribution in [3.05, 3.63) is 23.3 Å². The van der Waals surface area contributed by atoms with Crippen molar-refractivity contribution in [3.8, 4) is 11.5 Å². The van der Waals surface area contributed by atoms with Crippen molar-refractivity contribution in [2.45, 2.75) is 75.3 Å². The number of ketones is 1. The van der Waals surface area contributed by atoms with E-state index in [1.807, 2.05) is 6.07 Å². The van der Waals surface area contributed by atoms with Crippen LogP contribution in [0.4, 0.5) is 0 Å². The molecule has 1 saturated carbocycles. The number of phenolic OH excluding ortho intramolecular Hbond substituents is 1. The second kappa shape index (κ2) is 6.78. The lowest BCUT2D eigenvalue weighted by molar-refractivity contribution is -0.172. The number of nitrogens with zero attached hydrogens (tertiary/aromatic N) is 1. The first-order chi connectivity index (χ1) is 13.0. The van der Waals surface area contributed by atoms with Gasteiger partial charge in [0.2, 0.25) is 0 Å². The molecule has 3 aliphatic rings. The molecule has 0 radical (unpaired) electrons. The molecule has 148 valence electrons. The Bertz CT molecular complexity index is 748. The first-order valence-electron chi connectivity index (χ1n) is 10.3. The molecule has 2 fully saturated rings. The van der Waals surface area contributed by atoms with Crippen molar-refractivity contribution in [1.29, 1.82) is 0 Å². The van der Waals surface area contributed by atoms with Gasteiger partial charge in [0.1, 0.15) is 5.78 Å². The zero-order valence-electron chi connectivity index (χ0n) is 16.5. The highest BCUT2D eigenvalue weighted by atomic mass is 16.5. The molecular formula is C22H31NO4. The smallest absolute Gasteiger partial charge is 0.161 e. The van der Waals surface area contributed by atoms with Crippen LogP contribution in [0.3, 0.4) is 0 Å². The van der Waals surface area contributed by atoms with Gasteiger partial charge in [-0.25, -0.2) is 0 Å². The monoisotopic (exact) mass is 373 g/mol. The summed E-state index contributed by atoms with van der Waals surface area (Å²) < 4.78 is 5.34. The van der Waals surface area contributed by atoms with Gasteiger partial charge < -0.3 is 14.9 Å². The Labute approximate surface area is 161 Å². The van der Waals surface area contributed by atoms with Gasteiger partial charge in [-0.05, 0) is 50.4 Å². The highest BCUT2D eigenvalue weighted by molar-refractivity contribution is 5.83. The van der Waals surface area contributed by atoms with E-state index in [1.54, 1.807) is 13.2 Å². The minimum atomic E-state index is -0.970. The van der Waals surface area contributed by atoms with Gasteiger partial charge in [0.15, 0.2) is 11.5 Å². The Morgan fingerprint density at radius 1 is 1.30 bits per heavy atom. The highest BCUT2D eigenvalue weighted by Gasteiger charge is 2.65. The van der Waals surface area contributed by atoms with E-state index in [0.29, 0.717) is 37.9 Å². The number of methoxy groups -OCH3 is 1. The molecule has 1 aromatic rings. The van der Waals surface area contributed by atoms with Crippen molar-refractivity contribution >= 4 is 5.78 Å². The van der Waals surface area contributed by atoms with Crippen molar-refractivity contribution in [1.82, 2.24) is 4.90 Å². The number of benzene rings is 1. The number of carbonyl (C=O) groups is 1. The molecule has 1 aliphatic heterocycles. The number of rotatable bonds is 5. The van der Waals surface area contributed by atoms with Gasteiger partial charge in [0.25, 0.3) is 0 Å². The third-order valence-electron chi connectivity index (χ3n) is 7.32. The fourth-order valence-corrected chi connectivity index (χ4v) is 5.98. The van der Waals surface area contributed by atoms with Gasteiger partial charge in [-0.1, -0.05) is 25.8 Å². The average Bonchev–Trinajstić information content (AvgIpc) is 2.64. The number of hydrogen-bond donors (Lipinski definition) is 2. The Hall–Kier alpha value is -1.59. The molecule has 2 bridgehead atoms. The number of ether oxygens (including phenoxy) is 1. The number of carbonyl (C=O) groups excluding carboxylic acids is 1. The fraction of sp³-hybridized carbons (Fsp3) is 0.682. The number of fused-ring (bicyclic) bond motifs is 1. The molecule has 0 unspecified atom stereocenters. The summed E-state index contributed by atoms with van der Waals surface area (Å²) in [5, 5.41) is 23.0. The van der Waals surface area contributed by atoms with Crippen LogP contribution in [-0.2, 0) is 16.6 Å². The Kier molecular flexibility index (Phi) is 4.71. The number of Topliss-reactive ketones (excluding diaryl/α,β-unsaturated/α-hetero) is 1.